The van der Waals surface area contributed by atoms with Crippen molar-refractivity contribution in [2.45, 2.75) is 25.4 Å². The number of carbonyl (C=O) groups excluding carboxylic acids is 2. The molecule has 7 N–H and O–H groups in total. The van der Waals surface area contributed by atoms with Gasteiger partial charge in [-0.15, -0.1) is 0 Å². The number of amides is 1. The third-order valence-corrected chi connectivity index (χ3v) is 4.71. The molecule has 1 aromatic carbocycles. The quantitative estimate of drug-likeness (QED) is 0.187. The molecule has 0 aliphatic carbocycles. The second-order valence-corrected chi connectivity index (χ2v) is 7.26. The molecule has 2 heterocycles. The van der Waals surface area contributed by atoms with Gasteiger partial charge in [-0.1, -0.05) is 0 Å². The highest BCUT2D eigenvalue weighted by atomic mass is 16.5. The molecule has 35 heavy (non-hydrogen) atoms. The number of fused-ring (bicyclic) bond motifs is 1. The molecular weight excluding hydrogens is 462 g/mol. The lowest BCUT2D eigenvalue weighted by atomic mass is 10.1. The van der Waals surface area contributed by atoms with Crippen LogP contribution < -0.4 is 21.9 Å². The van der Waals surface area contributed by atoms with E-state index in [0.717, 1.165) is 0 Å². The zero-order valence-electron chi connectivity index (χ0n) is 18.4. The fraction of sp³-hybridized carbons (Fsp3) is 0.286. The van der Waals surface area contributed by atoms with Crippen LogP contribution in [0.4, 0.5) is 11.6 Å². The van der Waals surface area contributed by atoms with Crippen LogP contribution in [0.3, 0.4) is 0 Å². The molecule has 14 nitrogen and oxygen atoms in total. The van der Waals surface area contributed by atoms with Crippen LogP contribution in [0.25, 0.3) is 11.2 Å². The van der Waals surface area contributed by atoms with E-state index < -0.39 is 29.4 Å². The van der Waals surface area contributed by atoms with E-state index >= 15 is 0 Å². The highest BCUT2D eigenvalue weighted by Gasteiger charge is 2.22. The third kappa shape index (κ3) is 6.94. The molecule has 0 aliphatic heterocycles. The molecular formula is C21H23N7O7. The van der Waals surface area contributed by atoms with Crippen LogP contribution in [-0.4, -0.2) is 67.3 Å². The Labute approximate surface area is 197 Å². The summed E-state index contributed by atoms with van der Waals surface area (Å²) in [7, 11) is 0. The minimum atomic E-state index is -1.29. The van der Waals surface area contributed by atoms with Gasteiger partial charge in [-0.2, -0.15) is 4.98 Å². The Kier molecular flexibility index (Phi) is 8.24. The van der Waals surface area contributed by atoms with Crippen LogP contribution in [0, 0.1) is 0 Å². The third-order valence-electron chi connectivity index (χ3n) is 4.71. The van der Waals surface area contributed by atoms with E-state index in [2.05, 4.69) is 35.3 Å². The van der Waals surface area contributed by atoms with Crippen molar-refractivity contribution in [3.05, 3.63) is 52.1 Å². The number of hydrogen-bond acceptors (Lipinski definition) is 11. The Morgan fingerprint density at radius 3 is 2.60 bits per heavy atom. The first-order valence-corrected chi connectivity index (χ1v) is 10.4. The number of carboxylic acid groups (broad SMARTS) is 1. The Morgan fingerprint density at radius 1 is 1.17 bits per heavy atom. The molecule has 3 aromatic rings. The smallest absolute Gasteiger partial charge is 0.326 e. The lowest BCUT2D eigenvalue weighted by Crippen LogP contribution is -2.41. The predicted octanol–water partition coefficient (Wildman–Crippen LogP) is -0.594. The first-order chi connectivity index (χ1) is 16.8. The number of aliphatic hydroxyl groups is 1. The number of carboxylic acids is 1. The number of ether oxygens (including phenoxy) is 1. The molecule has 3 rings (SSSR count). The zero-order valence-corrected chi connectivity index (χ0v) is 18.4. The molecule has 0 unspecified atom stereocenters. The fourth-order valence-corrected chi connectivity index (χ4v) is 2.99. The average molecular weight is 485 g/mol. The van der Waals surface area contributed by atoms with Gasteiger partial charge in [-0.3, -0.25) is 14.4 Å². The number of aromatic nitrogens is 4. The Balaban J connectivity index is 1.57. The van der Waals surface area contributed by atoms with Gasteiger partial charge in [0.05, 0.1) is 25.0 Å². The molecule has 0 saturated heterocycles. The molecule has 1 amide bonds. The maximum atomic E-state index is 12.4. The average Bonchev–Trinajstić information content (AvgIpc) is 2.84. The van der Waals surface area contributed by atoms with Crippen LogP contribution in [-0.2, 0) is 20.9 Å². The van der Waals surface area contributed by atoms with Gasteiger partial charge in [-0.05, 0) is 30.7 Å². The van der Waals surface area contributed by atoms with Gasteiger partial charge in [0.1, 0.15) is 12.6 Å². The summed E-state index contributed by atoms with van der Waals surface area (Å²) in [5.74, 6) is -2.64. The fourth-order valence-electron chi connectivity index (χ4n) is 2.99. The maximum Gasteiger partial charge on any atom is 0.326 e. The molecule has 2 aromatic heterocycles. The first kappa shape index (κ1) is 25.0. The first-order valence-electron chi connectivity index (χ1n) is 10.4. The van der Waals surface area contributed by atoms with Crippen LogP contribution in [0.5, 0.6) is 0 Å². The van der Waals surface area contributed by atoms with Crippen molar-refractivity contribution < 1.29 is 29.3 Å². The van der Waals surface area contributed by atoms with Gasteiger partial charge >= 0.3 is 17.5 Å². The van der Waals surface area contributed by atoms with Crippen molar-refractivity contribution in [2.24, 2.45) is 0 Å². The zero-order chi connectivity index (χ0) is 25.4. The summed E-state index contributed by atoms with van der Waals surface area (Å²) in [6.07, 6.45) is 1.08. The largest absolute Gasteiger partial charge is 0.480 e. The molecule has 0 spiro atoms. The molecule has 0 aliphatic rings. The van der Waals surface area contributed by atoms with E-state index in [-0.39, 0.29) is 55.3 Å². The summed E-state index contributed by atoms with van der Waals surface area (Å²) < 4.78 is 4.68. The minimum Gasteiger partial charge on any atom is -0.480 e. The molecule has 184 valence electrons. The Morgan fingerprint density at radius 2 is 1.91 bits per heavy atom. The minimum absolute atomic E-state index is 0.0537. The molecule has 1 atom stereocenters. The number of aliphatic hydroxyl groups excluding tert-OH is 1. The molecule has 0 fully saturated rings. The van der Waals surface area contributed by atoms with E-state index in [4.69, 9.17) is 10.8 Å². The van der Waals surface area contributed by atoms with Crippen LogP contribution in [0.1, 0.15) is 28.9 Å². The number of carbonyl (C=O) groups is 3. The molecule has 0 saturated carbocycles. The summed E-state index contributed by atoms with van der Waals surface area (Å²) in [5, 5.41) is 23.4. The second-order valence-electron chi connectivity index (χ2n) is 7.26. The van der Waals surface area contributed by atoms with Crippen LogP contribution >= 0.6 is 0 Å². The predicted molar refractivity (Wildman–Crippen MR) is 122 cm³/mol. The van der Waals surface area contributed by atoms with Gasteiger partial charge in [-0.25, -0.2) is 14.8 Å². The summed E-state index contributed by atoms with van der Waals surface area (Å²) in [6, 6.07) is 4.92. The van der Waals surface area contributed by atoms with E-state index in [1.165, 1.54) is 18.3 Å². The highest BCUT2D eigenvalue weighted by Crippen LogP contribution is 2.12. The summed E-state index contributed by atoms with van der Waals surface area (Å²) in [4.78, 5) is 61.9. The summed E-state index contributed by atoms with van der Waals surface area (Å²) in [5.41, 5.74) is 6.49. The SMILES string of the molecule is Nc1nc(=O)c2nc(CNc3ccc(C(=O)N[C@@H](CCC(=O)OCCO)C(=O)O)cc3)cnc2[nH]1. The van der Waals surface area contributed by atoms with Gasteiger partial charge in [0.25, 0.3) is 5.91 Å². The number of nitrogens with zero attached hydrogens (tertiary/aromatic N) is 3. The number of rotatable bonds is 11. The Hall–Kier alpha value is -4.59. The molecule has 0 radical (unpaired) electrons. The van der Waals surface area contributed by atoms with E-state index in [1.807, 2.05) is 0 Å². The van der Waals surface area contributed by atoms with Gasteiger partial charge in [0.15, 0.2) is 11.2 Å². The standard InChI is InChI=1S/C21H23N7O7/c22-21-27-17-16(19(32)28-21)25-13(10-24-17)9-23-12-3-1-11(2-4-12)18(31)26-14(20(33)34)5-6-15(30)35-8-7-29/h1-4,10,14,23,29H,5-9H2,(H,26,31)(H,33,34)(H3,22,24,27,28,32)/t14-/m0/s1. The van der Waals surface area contributed by atoms with Crippen molar-refractivity contribution in [2.75, 3.05) is 24.3 Å². The topological polar surface area (TPSA) is 223 Å². The van der Waals surface area contributed by atoms with Crippen molar-refractivity contribution in [3.63, 3.8) is 0 Å². The number of esters is 1. The molecule has 14 heteroatoms. The monoisotopic (exact) mass is 485 g/mol. The number of aromatic amines is 1. The van der Waals surface area contributed by atoms with E-state index in [0.29, 0.717) is 11.4 Å². The number of nitrogens with two attached hydrogens (primary N) is 1. The van der Waals surface area contributed by atoms with Crippen molar-refractivity contribution >= 4 is 40.6 Å². The van der Waals surface area contributed by atoms with Crippen molar-refractivity contribution in [1.82, 2.24) is 25.3 Å². The lowest BCUT2D eigenvalue weighted by Gasteiger charge is -2.14. The van der Waals surface area contributed by atoms with Crippen molar-refractivity contribution in [3.8, 4) is 0 Å². The number of anilines is 2. The number of nitrogen functional groups attached to an aromatic ring is 1. The maximum absolute atomic E-state index is 12.4. The number of nitrogens with one attached hydrogen (secondary N) is 3. The highest BCUT2D eigenvalue weighted by molar-refractivity contribution is 5.97. The summed E-state index contributed by atoms with van der Waals surface area (Å²) >= 11 is 0. The number of hydrogen-bond donors (Lipinski definition) is 6. The normalized spacial score (nSPS) is 11.6. The van der Waals surface area contributed by atoms with Crippen LogP contribution in [0.15, 0.2) is 35.3 Å². The second kappa shape index (κ2) is 11.5. The van der Waals surface area contributed by atoms with Gasteiger partial charge < -0.3 is 36.3 Å². The molecule has 0 bridgehead atoms. The van der Waals surface area contributed by atoms with Gasteiger partial charge in [0, 0.05) is 17.7 Å². The lowest BCUT2D eigenvalue weighted by molar-refractivity contribution is -0.145. The summed E-state index contributed by atoms with van der Waals surface area (Å²) in [6.45, 7) is -0.286. The van der Waals surface area contributed by atoms with Crippen LogP contribution in [0.2, 0.25) is 0 Å². The van der Waals surface area contributed by atoms with Crippen molar-refractivity contribution in [1.29, 1.82) is 0 Å². The Bertz CT molecular complexity index is 1280. The number of benzene rings is 1. The van der Waals surface area contributed by atoms with Gasteiger partial charge in [0.2, 0.25) is 5.95 Å². The number of aliphatic carboxylic acids is 1. The van der Waals surface area contributed by atoms with E-state index in [9.17, 15) is 24.3 Å². The number of H-pyrrole nitrogens is 1. The van der Waals surface area contributed by atoms with E-state index in [1.54, 1.807) is 12.1 Å².